The average molecular weight is 270 g/mol. The number of carboxylic acids is 1. The minimum absolute atomic E-state index is 0.0134. The summed E-state index contributed by atoms with van der Waals surface area (Å²) in [7, 11) is 0. The summed E-state index contributed by atoms with van der Waals surface area (Å²) in [4.78, 5) is 25.3. The summed E-state index contributed by atoms with van der Waals surface area (Å²) in [6, 6.07) is 0.0428. The van der Waals surface area contributed by atoms with Crippen LogP contribution in [0, 0.1) is 5.41 Å². The van der Waals surface area contributed by atoms with Crippen LogP contribution in [0.4, 0.5) is 0 Å². The highest BCUT2D eigenvalue weighted by Crippen LogP contribution is 2.34. The molecule has 110 valence electrons. The fraction of sp³-hybridized carbons (Fsp3) is 0.857. The average Bonchev–Trinajstić information content (AvgIpc) is 2.78. The van der Waals surface area contributed by atoms with E-state index in [-0.39, 0.29) is 23.8 Å². The summed E-state index contributed by atoms with van der Waals surface area (Å²) in [6.07, 6.45) is 2.71. The molecule has 0 aromatic carbocycles. The molecule has 1 atom stereocenters. The van der Waals surface area contributed by atoms with Gasteiger partial charge in [0, 0.05) is 19.1 Å². The lowest BCUT2D eigenvalue weighted by molar-refractivity contribution is -0.145. The van der Waals surface area contributed by atoms with Crippen LogP contribution in [-0.4, -0.2) is 47.6 Å². The van der Waals surface area contributed by atoms with Gasteiger partial charge in [0.15, 0.2) is 0 Å². The van der Waals surface area contributed by atoms with E-state index >= 15 is 0 Å². The first-order chi connectivity index (χ1) is 8.93. The third kappa shape index (κ3) is 3.93. The SMILES string of the molecule is CCCC1(C(=O)N(CCC(=O)O)C(C)C)CCNC1. The first-order valence-electron chi connectivity index (χ1n) is 7.16. The molecule has 1 aliphatic heterocycles. The van der Waals surface area contributed by atoms with Crippen molar-refractivity contribution in [3.63, 3.8) is 0 Å². The molecule has 1 fully saturated rings. The van der Waals surface area contributed by atoms with Gasteiger partial charge in [-0.3, -0.25) is 9.59 Å². The van der Waals surface area contributed by atoms with Crippen molar-refractivity contribution in [3.05, 3.63) is 0 Å². The number of hydrogen-bond acceptors (Lipinski definition) is 3. The summed E-state index contributed by atoms with van der Waals surface area (Å²) >= 11 is 0. The number of carbonyl (C=O) groups excluding carboxylic acids is 1. The predicted molar refractivity (Wildman–Crippen MR) is 73.9 cm³/mol. The highest BCUT2D eigenvalue weighted by Gasteiger charge is 2.43. The van der Waals surface area contributed by atoms with E-state index in [1.54, 1.807) is 4.90 Å². The third-order valence-corrected chi connectivity index (χ3v) is 3.88. The Balaban J connectivity index is 2.81. The van der Waals surface area contributed by atoms with Gasteiger partial charge in [-0.05, 0) is 33.2 Å². The van der Waals surface area contributed by atoms with Crippen molar-refractivity contribution in [1.82, 2.24) is 10.2 Å². The lowest BCUT2D eigenvalue weighted by Crippen LogP contribution is -2.49. The third-order valence-electron chi connectivity index (χ3n) is 3.88. The minimum Gasteiger partial charge on any atom is -0.481 e. The van der Waals surface area contributed by atoms with Gasteiger partial charge in [0.2, 0.25) is 5.91 Å². The maximum Gasteiger partial charge on any atom is 0.305 e. The van der Waals surface area contributed by atoms with Crippen molar-refractivity contribution in [2.24, 2.45) is 5.41 Å². The Morgan fingerprint density at radius 2 is 2.11 bits per heavy atom. The molecule has 5 nitrogen and oxygen atoms in total. The molecule has 0 radical (unpaired) electrons. The van der Waals surface area contributed by atoms with E-state index in [2.05, 4.69) is 12.2 Å². The molecule has 0 spiro atoms. The van der Waals surface area contributed by atoms with Gasteiger partial charge in [-0.15, -0.1) is 0 Å². The van der Waals surface area contributed by atoms with Crippen molar-refractivity contribution in [3.8, 4) is 0 Å². The van der Waals surface area contributed by atoms with Gasteiger partial charge in [0.1, 0.15) is 0 Å². The van der Waals surface area contributed by atoms with Gasteiger partial charge in [0.05, 0.1) is 11.8 Å². The Labute approximate surface area is 115 Å². The van der Waals surface area contributed by atoms with E-state index in [0.29, 0.717) is 6.54 Å². The molecule has 1 aliphatic rings. The van der Waals surface area contributed by atoms with Gasteiger partial charge in [-0.25, -0.2) is 0 Å². The quantitative estimate of drug-likeness (QED) is 0.735. The molecular formula is C14H26N2O3. The molecule has 2 N–H and O–H groups in total. The number of rotatable bonds is 7. The molecule has 0 saturated carbocycles. The number of nitrogens with zero attached hydrogens (tertiary/aromatic N) is 1. The lowest BCUT2D eigenvalue weighted by Gasteiger charge is -2.36. The number of aliphatic carboxylic acids is 1. The van der Waals surface area contributed by atoms with Gasteiger partial charge < -0.3 is 15.3 Å². The van der Waals surface area contributed by atoms with Crippen LogP contribution in [-0.2, 0) is 9.59 Å². The van der Waals surface area contributed by atoms with E-state index < -0.39 is 5.97 Å². The topological polar surface area (TPSA) is 69.6 Å². The molecule has 1 unspecified atom stereocenters. The van der Waals surface area contributed by atoms with Gasteiger partial charge in [-0.2, -0.15) is 0 Å². The number of nitrogens with one attached hydrogen (secondary N) is 1. The van der Waals surface area contributed by atoms with Crippen LogP contribution >= 0.6 is 0 Å². The van der Waals surface area contributed by atoms with Gasteiger partial charge >= 0.3 is 5.97 Å². The Morgan fingerprint density at radius 3 is 2.53 bits per heavy atom. The zero-order valence-electron chi connectivity index (χ0n) is 12.2. The van der Waals surface area contributed by atoms with Crippen LogP contribution in [0.5, 0.6) is 0 Å². The molecule has 1 saturated heterocycles. The second kappa shape index (κ2) is 6.89. The molecule has 19 heavy (non-hydrogen) atoms. The van der Waals surface area contributed by atoms with Crippen molar-refractivity contribution < 1.29 is 14.7 Å². The molecule has 0 aliphatic carbocycles. The lowest BCUT2D eigenvalue weighted by atomic mass is 9.80. The fourth-order valence-corrected chi connectivity index (χ4v) is 2.84. The second-order valence-corrected chi connectivity index (χ2v) is 5.69. The normalized spacial score (nSPS) is 22.7. The van der Waals surface area contributed by atoms with Crippen molar-refractivity contribution in [1.29, 1.82) is 0 Å². The van der Waals surface area contributed by atoms with Crippen LogP contribution in [0.15, 0.2) is 0 Å². The molecule has 0 aromatic heterocycles. The second-order valence-electron chi connectivity index (χ2n) is 5.69. The smallest absolute Gasteiger partial charge is 0.305 e. The standard InChI is InChI=1S/C14H26N2O3/c1-4-6-14(7-8-15-10-14)13(19)16(11(2)3)9-5-12(17)18/h11,15H,4-10H2,1-3H3,(H,17,18). The van der Waals surface area contributed by atoms with Crippen molar-refractivity contribution in [2.45, 2.75) is 52.5 Å². The summed E-state index contributed by atoms with van der Waals surface area (Å²) in [5.41, 5.74) is -0.322. The van der Waals surface area contributed by atoms with Gasteiger partial charge in [-0.1, -0.05) is 13.3 Å². The molecule has 1 rings (SSSR count). The Kier molecular flexibility index (Phi) is 5.79. The summed E-state index contributed by atoms with van der Waals surface area (Å²) < 4.78 is 0. The highest BCUT2D eigenvalue weighted by atomic mass is 16.4. The molecule has 1 amide bonds. The van der Waals surface area contributed by atoms with Crippen LogP contribution in [0.2, 0.25) is 0 Å². The van der Waals surface area contributed by atoms with E-state index in [4.69, 9.17) is 5.11 Å². The van der Waals surface area contributed by atoms with E-state index in [0.717, 1.165) is 32.4 Å². The Bertz CT molecular complexity index is 323. The zero-order valence-corrected chi connectivity index (χ0v) is 12.2. The Morgan fingerprint density at radius 1 is 1.42 bits per heavy atom. The van der Waals surface area contributed by atoms with E-state index in [1.807, 2.05) is 13.8 Å². The fourth-order valence-electron chi connectivity index (χ4n) is 2.84. The summed E-state index contributed by atoms with van der Waals surface area (Å²) in [5.74, 6) is -0.733. The first kappa shape index (κ1) is 16.0. The highest BCUT2D eigenvalue weighted by molar-refractivity contribution is 5.84. The van der Waals surface area contributed by atoms with E-state index in [1.165, 1.54) is 0 Å². The molecule has 5 heteroatoms. The van der Waals surface area contributed by atoms with Crippen LogP contribution in [0.1, 0.15) is 46.5 Å². The maximum atomic E-state index is 12.8. The van der Waals surface area contributed by atoms with Crippen molar-refractivity contribution >= 4 is 11.9 Å². The largest absolute Gasteiger partial charge is 0.481 e. The van der Waals surface area contributed by atoms with Crippen LogP contribution in [0.3, 0.4) is 0 Å². The monoisotopic (exact) mass is 270 g/mol. The molecular weight excluding hydrogens is 244 g/mol. The van der Waals surface area contributed by atoms with Crippen molar-refractivity contribution in [2.75, 3.05) is 19.6 Å². The zero-order chi connectivity index (χ0) is 14.5. The van der Waals surface area contributed by atoms with Crippen LogP contribution in [0.25, 0.3) is 0 Å². The van der Waals surface area contributed by atoms with E-state index in [9.17, 15) is 9.59 Å². The minimum atomic E-state index is -0.854. The molecule has 0 bridgehead atoms. The number of carbonyl (C=O) groups is 2. The summed E-state index contributed by atoms with van der Waals surface area (Å²) in [5, 5.41) is 12.1. The first-order valence-corrected chi connectivity index (χ1v) is 7.16. The molecule has 0 aromatic rings. The number of amides is 1. The summed E-state index contributed by atoms with van der Waals surface area (Å²) in [6.45, 7) is 7.87. The number of carboxylic acid groups (broad SMARTS) is 1. The molecule has 1 heterocycles. The van der Waals surface area contributed by atoms with Crippen LogP contribution < -0.4 is 5.32 Å². The van der Waals surface area contributed by atoms with Gasteiger partial charge in [0.25, 0.3) is 0 Å². The predicted octanol–water partition coefficient (Wildman–Crippen LogP) is 1.48. The number of hydrogen-bond donors (Lipinski definition) is 2. The maximum absolute atomic E-state index is 12.8. The Hall–Kier alpha value is -1.10.